The number of hydrogen-bond acceptors (Lipinski definition) is 4. The third kappa shape index (κ3) is 5.27. The minimum atomic E-state index is -3.61. The molecule has 0 heterocycles. The Bertz CT molecular complexity index is 884. The second-order valence-electron chi connectivity index (χ2n) is 5.44. The molecule has 0 fully saturated rings. The summed E-state index contributed by atoms with van der Waals surface area (Å²) in [7, 11) is -3.61. The van der Waals surface area contributed by atoms with E-state index in [2.05, 4.69) is 5.32 Å². The van der Waals surface area contributed by atoms with E-state index in [1.165, 1.54) is 40.7 Å². The van der Waals surface area contributed by atoms with Crippen LogP contribution in [0.25, 0.3) is 0 Å². The van der Waals surface area contributed by atoms with Crippen molar-refractivity contribution in [2.24, 2.45) is 0 Å². The molecule has 0 aliphatic carbocycles. The molecule has 146 valence electrons. The number of halogens is 2. The van der Waals surface area contributed by atoms with Gasteiger partial charge in [-0.2, -0.15) is 13.1 Å². The van der Waals surface area contributed by atoms with E-state index in [1.807, 2.05) is 0 Å². The lowest BCUT2D eigenvalue weighted by molar-refractivity contribution is 0.102. The average Bonchev–Trinajstić information content (AvgIpc) is 2.64. The van der Waals surface area contributed by atoms with Crippen LogP contribution in [-0.2, 0) is 10.0 Å². The molecule has 0 unspecified atom stereocenters. The van der Waals surface area contributed by atoms with Gasteiger partial charge in [0, 0.05) is 23.5 Å². The third-order valence-corrected chi connectivity index (χ3v) is 6.66. The number of thioether (sulfide) groups is 1. The normalized spacial score (nSPS) is 11.8. The molecule has 0 aromatic heterocycles. The van der Waals surface area contributed by atoms with Crippen molar-refractivity contribution in [1.29, 1.82) is 0 Å². The molecule has 0 radical (unpaired) electrons. The Morgan fingerprint density at radius 1 is 1.07 bits per heavy atom. The first-order valence-corrected chi connectivity index (χ1v) is 10.6. The van der Waals surface area contributed by atoms with Crippen LogP contribution in [0, 0.1) is 0 Å². The molecule has 0 saturated carbocycles. The fourth-order valence-electron chi connectivity index (χ4n) is 2.45. The van der Waals surface area contributed by atoms with Crippen LogP contribution in [-0.4, -0.2) is 37.5 Å². The summed E-state index contributed by atoms with van der Waals surface area (Å²) in [5, 5.41) is 2.58. The largest absolute Gasteiger partial charge is 0.321 e. The number of nitrogens with one attached hydrogen (secondary N) is 1. The summed E-state index contributed by atoms with van der Waals surface area (Å²) in [6.07, 6.45) is 0. The fraction of sp³-hybridized carbons (Fsp3) is 0.278. The molecule has 0 saturated heterocycles. The summed E-state index contributed by atoms with van der Waals surface area (Å²) >= 11 is 0.343. The SMILES string of the molecule is CCN(CC)S(=O)(=O)c1ccc(C(=O)Nc2ccccc2SC(F)F)cc1. The maximum atomic E-state index is 12.6. The van der Waals surface area contributed by atoms with Crippen molar-refractivity contribution >= 4 is 33.4 Å². The van der Waals surface area contributed by atoms with Crippen LogP contribution in [0.3, 0.4) is 0 Å². The van der Waals surface area contributed by atoms with E-state index in [1.54, 1.807) is 26.0 Å². The smallest absolute Gasteiger partial charge is 0.288 e. The van der Waals surface area contributed by atoms with Gasteiger partial charge >= 0.3 is 0 Å². The monoisotopic (exact) mass is 414 g/mol. The minimum absolute atomic E-state index is 0.0939. The van der Waals surface area contributed by atoms with Gasteiger partial charge in [-0.25, -0.2) is 8.42 Å². The first-order chi connectivity index (χ1) is 12.8. The van der Waals surface area contributed by atoms with Gasteiger partial charge in [0.2, 0.25) is 10.0 Å². The van der Waals surface area contributed by atoms with Crippen molar-refractivity contribution in [3.63, 3.8) is 0 Å². The summed E-state index contributed by atoms with van der Waals surface area (Å²) in [5.41, 5.74) is 0.498. The maximum Gasteiger partial charge on any atom is 0.288 e. The molecule has 27 heavy (non-hydrogen) atoms. The van der Waals surface area contributed by atoms with Gasteiger partial charge in [0.25, 0.3) is 11.7 Å². The van der Waals surface area contributed by atoms with E-state index >= 15 is 0 Å². The minimum Gasteiger partial charge on any atom is -0.321 e. The predicted molar refractivity (Wildman–Crippen MR) is 103 cm³/mol. The number of anilines is 1. The Labute approximate surface area is 161 Å². The number of hydrogen-bond donors (Lipinski definition) is 1. The highest BCUT2D eigenvalue weighted by Crippen LogP contribution is 2.31. The van der Waals surface area contributed by atoms with Crippen LogP contribution in [0.5, 0.6) is 0 Å². The van der Waals surface area contributed by atoms with Crippen molar-refractivity contribution in [2.45, 2.75) is 29.4 Å². The van der Waals surface area contributed by atoms with E-state index in [-0.39, 0.29) is 21.0 Å². The summed E-state index contributed by atoms with van der Waals surface area (Å²) in [6.45, 7) is 4.19. The first kappa shape index (κ1) is 21.3. The van der Waals surface area contributed by atoms with Crippen molar-refractivity contribution in [3.05, 3.63) is 54.1 Å². The number of alkyl halides is 2. The summed E-state index contributed by atoms with van der Waals surface area (Å²) < 4.78 is 51.5. The Hall–Kier alpha value is -1.97. The number of rotatable bonds is 8. The Morgan fingerprint density at radius 2 is 1.67 bits per heavy atom. The van der Waals surface area contributed by atoms with Gasteiger partial charge in [-0.3, -0.25) is 4.79 Å². The highest BCUT2D eigenvalue weighted by atomic mass is 32.2. The lowest BCUT2D eigenvalue weighted by Crippen LogP contribution is -2.30. The highest BCUT2D eigenvalue weighted by Gasteiger charge is 2.22. The lowest BCUT2D eigenvalue weighted by atomic mass is 10.2. The van der Waals surface area contributed by atoms with E-state index in [4.69, 9.17) is 0 Å². The van der Waals surface area contributed by atoms with Gasteiger partial charge in [-0.05, 0) is 36.4 Å². The summed E-state index contributed by atoms with van der Waals surface area (Å²) in [6, 6.07) is 11.8. The first-order valence-electron chi connectivity index (χ1n) is 8.25. The number of benzene rings is 2. The predicted octanol–water partition coefficient (Wildman–Crippen LogP) is 4.28. The number of carbonyl (C=O) groups excluding carboxylic acids is 1. The molecular weight excluding hydrogens is 394 g/mol. The third-order valence-electron chi connectivity index (χ3n) is 3.81. The number of sulfonamides is 1. The molecule has 0 bridgehead atoms. The van der Waals surface area contributed by atoms with E-state index < -0.39 is 21.7 Å². The van der Waals surface area contributed by atoms with Crippen molar-refractivity contribution < 1.29 is 22.0 Å². The number of nitrogens with zero attached hydrogens (tertiary/aromatic N) is 1. The average molecular weight is 414 g/mol. The van der Waals surface area contributed by atoms with Gasteiger partial charge in [-0.15, -0.1) is 0 Å². The summed E-state index contributed by atoms with van der Waals surface area (Å²) in [5.74, 6) is -3.11. The molecule has 2 rings (SSSR count). The Balaban J connectivity index is 2.20. The number of amides is 1. The molecule has 0 atom stereocenters. The second kappa shape index (κ2) is 9.29. The zero-order valence-corrected chi connectivity index (χ0v) is 16.5. The quantitative estimate of drug-likeness (QED) is 0.655. The van der Waals surface area contributed by atoms with Gasteiger partial charge < -0.3 is 5.32 Å². The molecule has 0 aliphatic rings. The lowest BCUT2D eigenvalue weighted by Gasteiger charge is -2.18. The van der Waals surface area contributed by atoms with Gasteiger partial charge in [0.15, 0.2) is 0 Å². The maximum absolute atomic E-state index is 12.6. The second-order valence-corrected chi connectivity index (χ2v) is 8.41. The van der Waals surface area contributed by atoms with Crippen LogP contribution in [0.4, 0.5) is 14.5 Å². The van der Waals surface area contributed by atoms with E-state index in [0.29, 0.717) is 24.9 Å². The van der Waals surface area contributed by atoms with E-state index in [0.717, 1.165) is 0 Å². The summed E-state index contributed by atoms with van der Waals surface area (Å²) in [4.78, 5) is 12.7. The Kier molecular flexibility index (Phi) is 7.34. The van der Waals surface area contributed by atoms with Crippen LogP contribution in [0.1, 0.15) is 24.2 Å². The molecule has 2 aromatic rings. The van der Waals surface area contributed by atoms with Crippen LogP contribution in [0.15, 0.2) is 58.3 Å². The molecule has 0 spiro atoms. The zero-order chi connectivity index (χ0) is 20.0. The van der Waals surface area contributed by atoms with Crippen LogP contribution < -0.4 is 5.32 Å². The molecule has 0 aliphatic heterocycles. The fourth-order valence-corrected chi connectivity index (χ4v) is 4.51. The molecule has 5 nitrogen and oxygen atoms in total. The van der Waals surface area contributed by atoms with Gasteiger partial charge in [0.1, 0.15) is 0 Å². The molecule has 9 heteroatoms. The topological polar surface area (TPSA) is 66.5 Å². The van der Waals surface area contributed by atoms with Crippen LogP contribution >= 0.6 is 11.8 Å². The molecule has 1 N–H and O–H groups in total. The molecule has 2 aromatic carbocycles. The van der Waals surface area contributed by atoms with Crippen molar-refractivity contribution in [2.75, 3.05) is 18.4 Å². The van der Waals surface area contributed by atoms with Gasteiger partial charge in [0.05, 0.1) is 10.6 Å². The number of para-hydroxylation sites is 1. The molecule has 1 amide bonds. The zero-order valence-electron chi connectivity index (χ0n) is 14.9. The number of carbonyl (C=O) groups is 1. The highest BCUT2D eigenvalue weighted by molar-refractivity contribution is 7.99. The van der Waals surface area contributed by atoms with Gasteiger partial charge in [-0.1, -0.05) is 37.7 Å². The van der Waals surface area contributed by atoms with Crippen LogP contribution in [0.2, 0.25) is 0 Å². The van der Waals surface area contributed by atoms with E-state index in [9.17, 15) is 22.0 Å². The Morgan fingerprint density at radius 3 is 2.22 bits per heavy atom. The van der Waals surface area contributed by atoms with Crippen molar-refractivity contribution in [3.8, 4) is 0 Å². The van der Waals surface area contributed by atoms with Crippen molar-refractivity contribution in [1.82, 2.24) is 4.31 Å². The molecular formula is C18H20F2N2O3S2. The standard InChI is InChI=1S/C18H20F2N2O3S2/c1-3-22(4-2)27(24,25)14-11-9-13(10-12-14)17(23)21-15-7-5-6-8-16(15)26-18(19)20/h5-12,18H,3-4H2,1-2H3,(H,21,23).